The molecule has 0 amide bonds. The van der Waals surface area contributed by atoms with E-state index in [0.717, 1.165) is 0 Å². The van der Waals surface area contributed by atoms with Crippen molar-refractivity contribution in [2.24, 2.45) is 0 Å². The molecule has 7 heavy (non-hydrogen) atoms. The highest BCUT2D eigenvalue weighted by Crippen LogP contribution is 1.80. The minimum atomic E-state index is -0.676. The van der Waals surface area contributed by atoms with Crippen LogP contribution in [-0.2, 0) is 0 Å². The third-order valence-corrected chi connectivity index (χ3v) is 0.602. The van der Waals surface area contributed by atoms with Gasteiger partial charge in [0, 0.05) is 0 Å². The first-order chi connectivity index (χ1) is 3.31. The van der Waals surface area contributed by atoms with E-state index < -0.39 is 6.10 Å². The Morgan fingerprint density at radius 1 is 1.71 bits per heavy atom. The number of aliphatic hydroxyl groups is 2. The second kappa shape index (κ2) is 3.84. The molecule has 0 saturated heterocycles. The van der Waals surface area contributed by atoms with Crippen molar-refractivity contribution in [2.75, 3.05) is 6.61 Å². The van der Waals surface area contributed by atoms with Crippen LogP contribution in [0.3, 0.4) is 0 Å². The molecule has 1 atom stereocenters. The van der Waals surface area contributed by atoms with Crippen LogP contribution in [-0.4, -0.2) is 22.9 Å². The van der Waals surface area contributed by atoms with Gasteiger partial charge in [-0.3, -0.25) is 0 Å². The number of hydrogen-bond acceptors (Lipinski definition) is 2. The van der Waals surface area contributed by atoms with Gasteiger partial charge in [0.25, 0.3) is 0 Å². The quantitative estimate of drug-likeness (QED) is 0.478. The van der Waals surface area contributed by atoms with Crippen molar-refractivity contribution >= 4 is 0 Å². The fourth-order valence-electron chi connectivity index (χ4n) is 0.283. The molecule has 0 aromatic rings. The molecule has 0 saturated carbocycles. The zero-order valence-corrected chi connectivity index (χ0v) is 4.33. The molecule has 1 unspecified atom stereocenters. The van der Waals surface area contributed by atoms with Gasteiger partial charge < -0.3 is 10.2 Å². The van der Waals surface area contributed by atoms with Crippen LogP contribution in [0.2, 0.25) is 0 Å². The molecule has 0 heterocycles. The zero-order valence-electron chi connectivity index (χ0n) is 4.33. The Bertz CT molecular complexity index is 59.1. The molecule has 0 radical (unpaired) electrons. The molecule has 0 aliphatic heterocycles. The fraction of sp³-hybridized carbons (Fsp3) is 0.600. The van der Waals surface area contributed by atoms with Gasteiger partial charge in [-0.2, -0.15) is 0 Å². The maximum absolute atomic E-state index is 8.52. The lowest BCUT2D eigenvalue weighted by atomic mass is 10.3. The predicted octanol–water partition coefficient (Wildman–Crippen LogP) is -0.0843. The monoisotopic (exact) mass is 102 g/mol. The Kier molecular flexibility index (Phi) is 3.65. The molecule has 0 aliphatic rings. The second-order valence-electron chi connectivity index (χ2n) is 1.28. The van der Waals surface area contributed by atoms with E-state index in [9.17, 15) is 0 Å². The van der Waals surface area contributed by atoms with Crippen LogP contribution in [0, 0.1) is 0 Å². The molecule has 0 aliphatic carbocycles. The zero-order chi connectivity index (χ0) is 5.70. The van der Waals surface area contributed by atoms with Crippen LogP contribution in [0.4, 0.5) is 0 Å². The van der Waals surface area contributed by atoms with Gasteiger partial charge in [0.2, 0.25) is 0 Å². The van der Waals surface area contributed by atoms with Gasteiger partial charge in [0.05, 0.1) is 12.7 Å². The van der Waals surface area contributed by atoms with Crippen LogP contribution >= 0.6 is 0 Å². The molecular formula is C5H10O2. The molecule has 0 rings (SSSR count). The number of hydrogen-bond donors (Lipinski definition) is 2. The summed E-state index contributed by atoms with van der Waals surface area (Å²) in [6.07, 6.45) is 2.55. The fourth-order valence-corrected chi connectivity index (χ4v) is 0.283. The van der Waals surface area contributed by atoms with E-state index in [1.807, 2.05) is 0 Å². The maximum Gasteiger partial charge on any atom is 0.0951 e. The number of rotatable bonds is 2. The van der Waals surface area contributed by atoms with Crippen molar-refractivity contribution in [3.63, 3.8) is 0 Å². The topological polar surface area (TPSA) is 40.5 Å². The number of aliphatic hydroxyl groups excluding tert-OH is 2. The van der Waals surface area contributed by atoms with Crippen molar-refractivity contribution < 1.29 is 10.2 Å². The Morgan fingerprint density at radius 2 is 2.29 bits per heavy atom. The van der Waals surface area contributed by atoms with E-state index in [2.05, 4.69) is 0 Å². The summed E-state index contributed by atoms with van der Waals surface area (Å²) in [6.45, 7) is 1.60. The molecular weight excluding hydrogens is 92.1 g/mol. The molecule has 0 aromatic heterocycles. The van der Waals surface area contributed by atoms with E-state index in [1.54, 1.807) is 13.0 Å². The Balaban J connectivity index is 3.16. The van der Waals surface area contributed by atoms with E-state index in [1.165, 1.54) is 6.08 Å². The van der Waals surface area contributed by atoms with Crippen molar-refractivity contribution in [1.82, 2.24) is 0 Å². The smallest absolute Gasteiger partial charge is 0.0951 e. The number of allylic oxidation sites excluding steroid dienone is 1. The third-order valence-electron chi connectivity index (χ3n) is 0.602. The van der Waals surface area contributed by atoms with Gasteiger partial charge in [0.15, 0.2) is 0 Å². The average Bonchev–Trinajstić information content (AvgIpc) is 1.68. The minimum Gasteiger partial charge on any atom is -0.393 e. The average molecular weight is 102 g/mol. The summed E-state index contributed by atoms with van der Waals surface area (Å²) < 4.78 is 0. The normalized spacial score (nSPS) is 15.3. The highest BCUT2D eigenvalue weighted by molar-refractivity contribution is 4.84. The highest BCUT2D eigenvalue weighted by atomic mass is 16.3. The van der Waals surface area contributed by atoms with Gasteiger partial charge >= 0.3 is 0 Å². The summed E-state index contributed by atoms with van der Waals surface area (Å²) in [4.78, 5) is 0. The molecule has 42 valence electrons. The first kappa shape index (κ1) is 6.66. The minimum absolute atomic E-state index is 0.190. The van der Waals surface area contributed by atoms with E-state index in [4.69, 9.17) is 10.2 Å². The SMILES string of the molecule is C/C=C\C(O)CO. The summed E-state index contributed by atoms with van der Waals surface area (Å²) in [6, 6.07) is 0. The van der Waals surface area contributed by atoms with Gasteiger partial charge in [-0.1, -0.05) is 12.2 Å². The summed E-state index contributed by atoms with van der Waals surface area (Å²) in [5.74, 6) is 0. The Hall–Kier alpha value is -0.340. The van der Waals surface area contributed by atoms with E-state index in [-0.39, 0.29) is 6.61 Å². The first-order valence-electron chi connectivity index (χ1n) is 2.23. The standard InChI is InChI=1S/C5H10O2/c1-2-3-5(7)4-6/h2-3,5-7H,4H2,1H3/b3-2-. The van der Waals surface area contributed by atoms with Crippen LogP contribution in [0.25, 0.3) is 0 Å². The molecule has 2 N–H and O–H groups in total. The van der Waals surface area contributed by atoms with E-state index >= 15 is 0 Å². The van der Waals surface area contributed by atoms with Gasteiger partial charge in [0.1, 0.15) is 0 Å². The highest BCUT2D eigenvalue weighted by Gasteiger charge is 1.89. The third kappa shape index (κ3) is 3.49. The lowest BCUT2D eigenvalue weighted by molar-refractivity contribution is 0.131. The van der Waals surface area contributed by atoms with Crippen LogP contribution in [0.5, 0.6) is 0 Å². The van der Waals surface area contributed by atoms with Crippen LogP contribution in [0.1, 0.15) is 6.92 Å². The van der Waals surface area contributed by atoms with Gasteiger partial charge in [-0.25, -0.2) is 0 Å². The largest absolute Gasteiger partial charge is 0.393 e. The molecule has 0 spiro atoms. The van der Waals surface area contributed by atoms with Crippen molar-refractivity contribution in [3.05, 3.63) is 12.2 Å². The summed E-state index contributed by atoms with van der Waals surface area (Å²) in [7, 11) is 0. The molecule has 2 heteroatoms. The van der Waals surface area contributed by atoms with Crippen LogP contribution < -0.4 is 0 Å². The van der Waals surface area contributed by atoms with Crippen molar-refractivity contribution in [1.29, 1.82) is 0 Å². The first-order valence-corrected chi connectivity index (χ1v) is 2.23. The van der Waals surface area contributed by atoms with Crippen molar-refractivity contribution in [2.45, 2.75) is 13.0 Å². The molecule has 2 nitrogen and oxygen atoms in total. The molecule has 0 aromatic carbocycles. The molecule has 0 bridgehead atoms. The van der Waals surface area contributed by atoms with Gasteiger partial charge in [-0.05, 0) is 6.92 Å². The predicted molar refractivity (Wildman–Crippen MR) is 27.9 cm³/mol. The van der Waals surface area contributed by atoms with Gasteiger partial charge in [-0.15, -0.1) is 0 Å². The Morgan fingerprint density at radius 3 is 2.43 bits per heavy atom. The summed E-state index contributed by atoms with van der Waals surface area (Å²) in [5, 5.41) is 16.7. The summed E-state index contributed by atoms with van der Waals surface area (Å²) >= 11 is 0. The second-order valence-corrected chi connectivity index (χ2v) is 1.28. The summed E-state index contributed by atoms with van der Waals surface area (Å²) in [5.41, 5.74) is 0. The lowest BCUT2D eigenvalue weighted by Gasteiger charge is -1.94. The van der Waals surface area contributed by atoms with Crippen molar-refractivity contribution in [3.8, 4) is 0 Å². The van der Waals surface area contributed by atoms with Crippen LogP contribution in [0.15, 0.2) is 12.2 Å². The lowest BCUT2D eigenvalue weighted by Crippen LogP contribution is -2.06. The van der Waals surface area contributed by atoms with E-state index in [0.29, 0.717) is 0 Å². The molecule has 0 fully saturated rings. The Labute approximate surface area is 43.1 Å². The maximum atomic E-state index is 8.52.